The summed E-state index contributed by atoms with van der Waals surface area (Å²) in [5.74, 6) is -1.20. The van der Waals surface area contributed by atoms with Crippen LogP contribution in [0.4, 0.5) is 11.4 Å². The molecule has 3 aromatic rings. The minimum Gasteiger partial charge on any atom is -0.367 e. The molecule has 3 aromatic carbocycles. The van der Waals surface area contributed by atoms with E-state index in [2.05, 4.69) is 5.32 Å². The maximum atomic E-state index is 13.8. The molecule has 9 heteroatoms. The zero-order chi connectivity index (χ0) is 23.8. The van der Waals surface area contributed by atoms with Crippen molar-refractivity contribution in [2.45, 2.75) is 19.6 Å². The average Bonchev–Trinajstić information content (AvgIpc) is 2.83. The van der Waals surface area contributed by atoms with E-state index in [4.69, 9.17) is 9.05 Å². The fraction of sp³-hybridized carbons (Fsp3) is 0.208. The number of nitrogens with zero attached hydrogens (tertiary/aromatic N) is 1. The first kappa shape index (κ1) is 24.3. The van der Waals surface area contributed by atoms with Gasteiger partial charge in [-0.3, -0.25) is 19.5 Å². The Kier molecular flexibility index (Phi) is 8.11. The monoisotopic (exact) mass is 468 g/mol. The molecule has 3 rings (SSSR count). The molecular formula is C24H25N2O6P. The fourth-order valence-electron chi connectivity index (χ4n) is 3.37. The van der Waals surface area contributed by atoms with Gasteiger partial charge in [-0.1, -0.05) is 42.5 Å². The van der Waals surface area contributed by atoms with Crippen LogP contribution in [0.15, 0.2) is 78.9 Å². The van der Waals surface area contributed by atoms with Gasteiger partial charge in [-0.15, -0.1) is 0 Å². The zero-order valence-electron chi connectivity index (χ0n) is 18.3. The van der Waals surface area contributed by atoms with Gasteiger partial charge in [0.1, 0.15) is 0 Å². The summed E-state index contributed by atoms with van der Waals surface area (Å²) in [7, 11) is -3.77. The third-order valence-corrected chi connectivity index (χ3v) is 7.15. The van der Waals surface area contributed by atoms with Gasteiger partial charge in [-0.2, -0.15) is 0 Å². The Morgan fingerprint density at radius 3 is 2.09 bits per heavy atom. The molecule has 1 N–H and O–H groups in total. The fourth-order valence-corrected chi connectivity index (χ4v) is 5.30. The molecule has 8 nitrogen and oxygen atoms in total. The van der Waals surface area contributed by atoms with Crippen LogP contribution in [0.25, 0.3) is 0 Å². The number of hydrogen-bond donors (Lipinski definition) is 1. The Bertz CT molecular complexity index is 1140. The number of nitro groups is 1. The molecule has 0 heterocycles. The Morgan fingerprint density at radius 2 is 1.52 bits per heavy atom. The van der Waals surface area contributed by atoms with Crippen LogP contribution >= 0.6 is 7.60 Å². The lowest BCUT2D eigenvalue weighted by molar-refractivity contribution is -0.384. The Balaban J connectivity index is 2.07. The van der Waals surface area contributed by atoms with E-state index in [-0.39, 0.29) is 24.7 Å². The van der Waals surface area contributed by atoms with Gasteiger partial charge < -0.3 is 14.4 Å². The standard InChI is InChI=1S/C24H25N2O6P/c1-3-31-33(30,32-4-2)24(19-14-16-20(17-15-19)26(28)29)25-22-13-9-8-12-21(22)23(27)18-10-6-5-7-11-18/h5-17,24-25H,3-4H2,1-2H3. The normalized spacial score (nSPS) is 12.2. The number of carbonyl (C=O) groups is 1. The topological polar surface area (TPSA) is 108 Å². The van der Waals surface area contributed by atoms with Crippen LogP contribution in [0.3, 0.4) is 0 Å². The van der Waals surface area contributed by atoms with Crippen molar-refractivity contribution in [1.29, 1.82) is 0 Å². The van der Waals surface area contributed by atoms with Gasteiger partial charge in [0.05, 0.1) is 18.1 Å². The molecule has 0 radical (unpaired) electrons. The molecule has 1 unspecified atom stereocenters. The van der Waals surface area contributed by atoms with Crippen LogP contribution in [0.1, 0.15) is 41.1 Å². The quantitative estimate of drug-likeness (QED) is 0.154. The van der Waals surface area contributed by atoms with Gasteiger partial charge in [0.2, 0.25) is 0 Å². The number of anilines is 1. The predicted molar refractivity (Wildman–Crippen MR) is 127 cm³/mol. The van der Waals surface area contributed by atoms with Crippen molar-refractivity contribution >= 4 is 24.8 Å². The number of nitro benzene ring substituents is 1. The highest BCUT2D eigenvalue weighted by molar-refractivity contribution is 7.54. The van der Waals surface area contributed by atoms with Crippen molar-refractivity contribution in [3.8, 4) is 0 Å². The maximum Gasteiger partial charge on any atom is 0.357 e. The first-order valence-electron chi connectivity index (χ1n) is 10.5. The van der Waals surface area contributed by atoms with E-state index in [1.807, 2.05) is 6.07 Å². The maximum absolute atomic E-state index is 13.8. The van der Waals surface area contributed by atoms with Crippen molar-refractivity contribution in [1.82, 2.24) is 0 Å². The number of nitrogens with one attached hydrogen (secondary N) is 1. The zero-order valence-corrected chi connectivity index (χ0v) is 19.2. The summed E-state index contributed by atoms with van der Waals surface area (Å²) in [6.45, 7) is 3.66. The Morgan fingerprint density at radius 1 is 0.939 bits per heavy atom. The van der Waals surface area contributed by atoms with Gasteiger partial charge in [-0.25, -0.2) is 0 Å². The van der Waals surface area contributed by atoms with Crippen LogP contribution in [0, 0.1) is 10.1 Å². The number of ketones is 1. The number of para-hydroxylation sites is 1. The minimum absolute atomic E-state index is 0.0974. The van der Waals surface area contributed by atoms with Crippen molar-refractivity contribution < 1.29 is 23.3 Å². The largest absolute Gasteiger partial charge is 0.367 e. The van der Waals surface area contributed by atoms with Crippen LogP contribution in [-0.2, 0) is 13.6 Å². The minimum atomic E-state index is -3.77. The number of carbonyl (C=O) groups excluding carboxylic acids is 1. The van der Waals surface area contributed by atoms with E-state index >= 15 is 0 Å². The Hall–Kier alpha value is -3.32. The van der Waals surface area contributed by atoms with Crippen LogP contribution in [0.5, 0.6) is 0 Å². The highest BCUT2D eigenvalue weighted by Crippen LogP contribution is 2.61. The highest BCUT2D eigenvalue weighted by atomic mass is 31.2. The smallest absolute Gasteiger partial charge is 0.357 e. The molecule has 0 aliphatic rings. The summed E-state index contributed by atoms with van der Waals surface area (Å²) in [4.78, 5) is 23.7. The Labute approximate surface area is 192 Å². The molecule has 0 aromatic heterocycles. The van der Waals surface area contributed by atoms with E-state index < -0.39 is 18.3 Å². The first-order chi connectivity index (χ1) is 15.9. The lowest BCUT2D eigenvalue weighted by Crippen LogP contribution is -2.17. The summed E-state index contributed by atoms with van der Waals surface area (Å²) in [6, 6.07) is 21.4. The van der Waals surface area contributed by atoms with Gasteiger partial charge in [0.15, 0.2) is 11.6 Å². The summed E-state index contributed by atoms with van der Waals surface area (Å²) in [5.41, 5.74) is 1.70. The molecule has 172 valence electrons. The number of hydrogen-bond acceptors (Lipinski definition) is 7. The molecule has 0 aliphatic heterocycles. The van der Waals surface area contributed by atoms with Gasteiger partial charge >= 0.3 is 7.60 Å². The molecule has 0 saturated heterocycles. The summed E-state index contributed by atoms with van der Waals surface area (Å²) in [6.07, 6.45) is 0. The van der Waals surface area contributed by atoms with Crippen molar-refractivity contribution in [2.24, 2.45) is 0 Å². The highest BCUT2D eigenvalue weighted by Gasteiger charge is 2.38. The molecule has 1 atom stereocenters. The van der Waals surface area contributed by atoms with Crippen molar-refractivity contribution in [3.63, 3.8) is 0 Å². The van der Waals surface area contributed by atoms with E-state index in [9.17, 15) is 19.5 Å². The van der Waals surface area contributed by atoms with Crippen molar-refractivity contribution in [2.75, 3.05) is 18.5 Å². The average molecular weight is 468 g/mol. The van der Waals surface area contributed by atoms with Gasteiger partial charge in [-0.05, 0) is 43.7 Å². The summed E-state index contributed by atoms with van der Waals surface area (Å²) in [5, 5.41) is 14.2. The molecule has 0 aliphatic carbocycles. The van der Waals surface area contributed by atoms with Crippen molar-refractivity contribution in [3.05, 3.63) is 106 Å². The van der Waals surface area contributed by atoms with Crippen LogP contribution in [0.2, 0.25) is 0 Å². The summed E-state index contributed by atoms with van der Waals surface area (Å²) < 4.78 is 24.9. The number of rotatable bonds is 11. The third kappa shape index (κ3) is 5.73. The molecular weight excluding hydrogens is 443 g/mol. The van der Waals surface area contributed by atoms with E-state index in [1.54, 1.807) is 62.4 Å². The predicted octanol–water partition coefficient (Wildman–Crippen LogP) is 6.20. The molecule has 0 amide bonds. The SMILES string of the molecule is CCOP(=O)(OCC)C(Nc1ccccc1C(=O)c1ccccc1)c1ccc([N+](=O)[O-])cc1. The van der Waals surface area contributed by atoms with Gasteiger partial charge in [0.25, 0.3) is 5.69 Å². The summed E-state index contributed by atoms with van der Waals surface area (Å²) >= 11 is 0. The molecule has 0 fully saturated rings. The number of non-ortho nitro benzene ring substituents is 1. The molecule has 0 saturated carbocycles. The molecule has 33 heavy (non-hydrogen) atoms. The van der Waals surface area contributed by atoms with E-state index in [1.165, 1.54) is 24.3 Å². The van der Waals surface area contributed by atoms with Crippen LogP contribution in [-0.4, -0.2) is 23.9 Å². The van der Waals surface area contributed by atoms with E-state index in [0.29, 0.717) is 22.4 Å². The first-order valence-corrected chi connectivity index (χ1v) is 12.1. The lowest BCUT2D eigenvalue weighted by Gasteiger charge is -2.28. The van der Waals surface area contributed by atoms with Gasteiger partial charge in [0, 0.05) is 28.9 Å². The van der Waals surface area contributed by atoms with Crippen LogP contribution < -0.4 is 5.32 Å². The molecule has 0 bridgehead atoms. The second-order valence-electron chi connectivity index (χ2n) is 7.01. The second kappa shape index (κ2) is 11.0. The third-order valence-electron chi connectivity index (χ3n) is 4.85. The second-order valence-corrected chi connectivity index (χ2v) is 9.12. The molecule has 0 spiro atoms. The lowest BCUT2D eigenvalue weighted by atomic mass is 10.0. The van der Waals surface area contributed by atoms with E-state index in [0.717, 1.165) is 0 Å². The number of benzene rings is 3.